The lowest BCUT2D eigenvalue weighted by atomic mass is 10.2. The molecule has 0 aliphatic carbocycles. The van der Waals surface area contributed by atoms with Gasteiger partial charge in [-0.3, -0.25) is 19.0 Å². The molecule has 9 nitrogen and oxygen atoms in total. The number of hydrogen-bond acceptors (Lipinski definition) is 7. The molecular weight excluding hydrogens is 402 g/mol. The first-order valence-electron chi connectivity index (χ1n) is 9.71. The first-order valence-corrected chi connectivity index (χ1v) is 9.71. The van der Waals surface area contributed by atoms with E-state index in [1.54, 1.807) is 24.3 Å². The Balaban J connectivity index is 1.94. The van der Waals surface area contributed by atoms with Crippen molar-refractivity contribution in [2.24, 2.45) is 0 Å². The zero-order valence-corrected chi connectivity index (χ0v) is 17.8. The van der Waals surface area contributed by atoms with Crippen molar-refractivity contribution < 1.29 is 23.8 Å². The number of esters is 1. The van der Waals surface area contributed by atoms with E-state index in [1.807, 2.05) is 0 Å². The Morgan fingerprint density at radius 3 is 2.39 bits per heavy atom. The molecule has 1 aromatic carbocycles. The molecule has 0 bridgehead atoms. The van der Waals surface area contributed by atoms with Crippen molar-refractivity contribution >= 4 is 22.8 Å². The molecule has 166 valence electrons. The van der Waals surface area contributed by atoms with Crippen LogP contribution in [0.2, 0.25) is 0 Å². The van der Waals surface area contributed by atoms with Gasteiger partial charge in [-0.15, -0.1) is 13.2 Å². The number of benzene rings is 1. The second kappa shape index (κ2) is 11.5. The van der Waals surface area contributed by atoms with Gasteiger partial charge in [0.2, 0.25) is 0 Å². The predicted octanol–water partition coefficient (Wildman–Crippen LogP) is 1.94. The average Bonchev–Trinajstić information content (AvgIpc) is 2.78. The van der Waals surface area contributed by atoms with Crippen LogP contribution < -0.4 is 15.0 Å². The standard InChI is InChI=1S/C22H27N3O6/c1-5-9-24(10-6-2)20(26)14-31-21(27)8-7-11-25-15-23-17-13-19(30-4)18(29-3)12-16(17)22(25)28/h5-6,12-13,15H,1-2,7-11,14H2,3-4H3. The van der Waals surface area contributed by atoms with Crippen LogP contribution in [0.1, 0.15) is 12.8 Å². The maximum absolute atomic E-state index is 12.7. The minimum absolute atomic E-state index is 0.0621. The maximum Gasteiger partial charge on any atom is 0.306 e. The number of carbonyl (C=O) groups is 2. The third-order valence-corrected chi connectivity index (χ3v) is 4.52. The highest BCUT2D eigenvalue weighted by Gasteiger charge is 2.14. The van der Waals surface area contributed by atoms with Crippen molar-refractivity contribution in [3.63, 3.8) is 0 Å². The number of nitrogens with zero attached hydrogens (tertiary/aromatic N) is 3. The number of hydrogen-bond donors (Lipinski definition) is 0. The van der Waals surface area contributed by atoms with Gasteiger partial charge in [0.1, 0.15) is 0 Å². The molecule has 0 fully saturated rings. The summed E-state index contributed by atoms with van der Waals surface area (Å²) < 4.78 is 16.9. The summed E-state index contributed by atoms with van der Waals surface area (Å²) in [6.07, 6.45) is 5.02. The minimum Gasteiger partial charge on any atom is -0.493 e. The van der Waals surface area contributed by atoms with Crippen molar-refractivity contribution in [1.29, 1.82) is 0 Å². The molecule has 0 saturated heterocycles. The summed E-state index contributed by atoms with van der Waals surface area (Å²) in [6.45, 7) is 7.80. The molecule has 0 aliphatic heterocycles. The van der Waals surface area contributed by atoms with E-state index >= 15 is 0 Å². The van der Waals surface area contributed by atoms with E-state index in [0.717, 1.165) is 0 Å². The quantitative estimate of drug-likeness (QED) is 0.375. The Kier molecular flexibility index (Phi) is 8.80. The largest absolute Gasteiger partial charge is 0.493 e. The van der Waals surface area contributed by atoms with Gasteiger partial charge < -0.3 is 19.1 Å². The van der Waals surface area contributed by atoms with Crippen LogP contribution in [-0.2, 0) is 20.9 Å². The second-order valence-corrected chi connectivity index (χ2v) is 6.61. The van der Waals surface area contributed by atoms with Gasteiger partial charge in [0.25, 0.3) is 11.5 Å². The molecule has 2 rings (SSSR count). The Bertz CT molecular complexity index is 1000. The van der Waals surface area contributed by atoms with Crippen LogP contribution >= 0.6 is 0 Å². The Hall–Kier alpha value is -3.62. The Morgan fingerprint density at radius 1 is 1.13 bits per heavy atom. The molecule has 0 unspecified atom stereocenters. The highest BCUT2D eigenvalue weighted by atomic mass is 16.5. The van der Waals surface area contributed by atoms with E-state index < -0.39 is 5.97 Å². The SMILES string of the molecule is C=CCN(CC=C)C(=O)COC(=O)CCCn1cnc2cc(OC)c(OC)cc2c1=O. The van der Waals surface area contributed by atoms with Gasteiger partial charge in [-0.1, -0.05) is 12.2 Å². The third kappa shape index (κ3) is 6.18. The Labute approximate surface area is 180 Å². The van der Waals surface area contributed by atoms with Crippen molar-refractivity contribution in [3.05, 3.63) is 54.1 Å². The van der Waals surface area contributed by atoms with E-state index in [2.05, 4.69) is 18.1 Å². The highest BCUT2D eigenvalue weighted by molar-refractivity contribution is 5.82. The van der Waals surface area contributed by atoms with Crippen LogP contribution in [0.25, 0.3) is 10.9 Å². The topological polar surface area (TPSA) is 100.0 Å². The summed E-state index contributed by atoms with van der Waals surface area (Å²) >= 11 is 0. The lowest BCUT2D eigenvalue weighted by Gasteiger charge is -2.18. The van der Waals surface area contributed by atoms with Gasteiger partial charge in [0.15, 0.2) is 18.1 Å². The number of aromatic nitrogens is 2. The van der Waals surface area contributed by atoms with Gasteiger partial charge in [0, 0.05) is 32.1 Å². The summed E-state index contributed by atoms with van der Waals surface area (Å²) in [6, 6.07) is 3.22. The van der Waals surface area contributed by atoms with Gasteiger partial charge in [-0.2, -0.15) is 0 Å². The third-order valence-electron chi connectivity index (χ3n) is 4.52. The summed E-state index contributed by atoms with van der Waals surface area (Å²) in [5, 5.41) is 0.387. The lowest BCUT2D eigenvalue weighted by molar-refractivity contribution is -0.151. The first kappa shape index (κ1) is 23.7. The second-order valence-electron chi connectivity index (χ2n) is 6.61. The van der Waals surface area contributed by atoms with E-state index in [9.17, 15) is 14.4 Å². The lowest BCUT2D eigenvalue weighted by Crippen LogP contribution is -2.35. The molecule has 0 aliphatic rings. The fourth-order valence-electron chi connectivity index (χ4n) is 2.93. The van der Waals surface area contributed by atoms with Crippen LogP contribution in [0.3, 0.4) is 0 Å². The zero-order valence-electron chi connectivity index (χ0n) is 17.8. The average molecular weight is 429 g/mol. The van der Waals surface area contributed by atoms with Crippen LogP contribution in [0.15, 0.2) is 48.6 Å². The molecule has 1 amide bonds. The summed E-state index contributed by atoms with van der Waals surface area (Å²) in [5.74, 6) is 0.0738. The first-order chi connectivity index (χ1) is 14.9. The molecule has 0 radical (unpaired) electrons. The molecule has 9 heteroatoms. The smallest absolute Gasteiger partial charge is 0.306 e. The molecule has 1 aromatic heterocycles. The molecular formula is C22H27N3O6. The number of amides is 1. The van der Waals surface area contributed by atoms with Crippen LogP contribution in [0.5, 0.6) is 11.5 Å². The number of carbonyl (C=O) groups excluding carboxylic acids is 2. The van der Waals surface area contributed by atoms with Crippen molar-refractivity contribution in [2.75, 3.05) is 33.9 Å². The number of ether oxygens (including phenoxy) is 3. The number of rotatable bonds is 12. The zero-order chi connectivity index (χ0) is 22.8. The van der Waals surface area contributed by atoms with Gasteiger partial charge in [-0.25, -0.2) is 4.98 Å². The summed E-state index contributed by atoms with van der Waals surface area (Å²) in [5.41, 5.74) is 0.236. The van der Waals surface area contributed by atoms with Gasteiger partial charge in [-0.05, 0) is 12.5 Å². The van der Waals surface area contributed by atoms with E-state index in [0.29, 0.717) is 41.9 Å². The van der Waals surface area contributed by atoms with Gasteiger partial charge in [0.05, 0.1) is 31.4 Å². The molecule has 0 atom stereocenters. The fraction of sp³-hybridized carbons (Fsp3) is 0.364. The maximum atomic E-state index is 12.7. The fourth-order valence-corrected chi connectivity index (χ4v) is 2.93. The van der Waals surface area contributed by atoms with Crippen LogP contribution in [0.4, 0.5) is 0 Å². The number of aryl methyl sites for hydroxylation is 1. The van der Waals surface area contributed by atoms with Crippen molar-refractivity contribution in [3.8, 4) is 11.5 Å². The number of fused-ring (bicyclic) bond motifs is 1. The summed E-state index contributed by atoms with van der Waals surface area (Å²) in [7, 11) is 3.00. The monoisotopic (exact) mass is 429 g/mol. The van der Waals surface area contributed by atoms with Gasteiger partial charge >= 0.3 is 5.97 Å². The molecule has 0 saturated carbocycles. The van der Waals surface area contributed by atoms with Crippen LogP contribution in [0, 0.1) is 0 Å². The highest BCUT2D eigenvalue weighted by Crippen LogP contribution is 2.29. The summed E-state index contributed by atoms with van der Waals surface area (Å²) in [4.78, 5) is 42.5. The minimum atomic E-state index is -0.515. The van der Waals surface area contributed by atoms with Crippen molar-refractivity contribution in [1.82, 2.24) is 14.5 Å². The molecule has 2 aromatic rings. The van der Waals surface area contributed by atoms with Crippen LogP contribution in [-0.4, -0.2) is 60.2 Å². The molecule has 1 heterocycles. The normalized spacial score (nSPS) is 10.4. The predicted molar refractivity (Wildman–Crippen MR) is 116 cm³/mol. The molecule has 31 heavy (non-hydrogen) atoms. The molecule has 0 spiro atoms. The van der Waals surface area contributed by atoms with Crippen molar-refractivity contribution in [2.45, 2.75) is 19.4 Å². The van der Waals surface area contributed by atoms with E-state index in [-0.39, 0.29) is 31.0 Å². The molecule has 0 N–H and O–H groups in total. The number of methoxy groups -OCH3 is 2. The van der Waals surface area contributed by atoms with E-state index in [4.69, 9.17) is 14.2 Å². The Morgan fingerprint density at radius 2 is 1.77 bits per heavy atom. The van der Waals surface area contributed by atoms with E-state index in [1.165, 1.54) is 30.0 Å².